The van der Waals surface area contributed by atoms with Crippen LogP contribution >= 0.6 is 24.0 Å². The Bertz CT molecular complexity index is 281. The third kappa shape index (κ3) is 10.6. The summed E-state index contributed by atoms with van der Waals surface area (Å²) in [5, 5.41) is 6.72. The van der Waals surface area contributed by atoms with Crippen LogP contribution in [0.1, 0.15) is 40.0 Å². The molecule has 0 unspecified atom stereocenters. The number of likely N-dealkylation sites (tertiary alicyclic amines) is 1. The maximum absolute atomic E-state index is 5.33. The number of guanidine groups is 1. The van der Waals surface area contributed by atoms with Gasteiger partial charge in [0, 0.05) is 39.4 Å². The molecule has 0 amide bonds. The van der Waals surface area contributed by atoms with E-state index in [4.69, 9.17) is 4.74 Å². The minimum absolute atomic E-state index is 0. The topological polar surface area (TPSA) is 48.9 Å². The maximum Gasteiger partial charge on any atom is 0.191 e. The van der Waals surface area contributed by atoms with Crippen LogP contribution in [0.2, 0.25) is 0 Å². The molecular weight excluding hydrogens is 391 g/mol. The van der Waals surface area contributed by atoms with Gasteiger partial charge in [0.15, 0.2) is 5.96 Å². The van der Waals surface area contributed by atoms with Gasteiger partial charge in [-0.2, -0.15) is 0 Å². The van der Waals surface area contributed by atoms with Gasteiger partial charge in [-0.25, -0.2) is 0 Å². The zero-order valence-electron chi connectivity index (χ0n) is 14.6. The molecule has 0 radical (unpaired) electrons. The lowest BCUT2D eigenvalue weighted by Gasteiger charge is -2.30. The summed E-state index contributed by atoms with van der Waals surface area (Å²) < 4.78 is 5.33. The van der Waals surface area contributed by atoms with Gasteiger partial charge < -0.3 is 20.3 Å². The fraction of sp³-hybridized carbons (Fsp3) is 0.938. The van der Waals surface area contributed by atoms with Crippen molar-refractivity contribution in [2.24, 2.45) is 10.9 Å². The van der Waals surface area contributed by atoms with E-state index in [1.165, 1.54) is 25.9 Å². The van der Waals surface area contributed by atoms with Crippen LogP contribution in [-0.4, -0.2) is 63.3 Å². The van der Waals surface area contributed by atoms with Gasteiger partial charge in [-0.1, -0.05) is 6.92 Å². The number of nitrogens with zero attached hydrogens (tertiary/aromatic N) is 2. The van der Waals surface area contributed by atoms with Crippen molar-refractivity contribution < 1.29 is 4.74 Å². The average molecular weight is 426 g/mol. The molecule has 132 valence electrons. The highest BCUT2D eigenvalue weighted by atomic mass is 127. The second-order valence-electron chi connectivity index (χ2n) is 5.76. The van der Waals surface area contributed by atoms with Crippen LogP contribution in [0, 0.1) is 5.92 Å². The summed E-state index contributed by atoms with van der Waals surface area (Å²) in [5.41, 5.74) is 0. The normalized spacial score (nSPS) is 17.1. The van der Waals surface area contributed by atoms with Gasteiger partial charge in [-0.3, -0.25) is 4.99 Å². The van der Waals surface area contributed by atoms with Crippen molar-refractivity contribution in [3.05, 3.63) is 0 Å². The Kier molecular flexibility index (Phi) is 14.5. The first-order valence-corrected chi connectivity index (χ1v) is 8.58. The number of ether oxygens (including phenoxy) is 1. The number of halogens is 1. The van der Waals surface area contributed by atoms with Crippen molar-refractivity contribution in [3.8, 4) is 0 Å². The molecular formula is C16H35IN4O. The van der Waals surface area contributed by atoms with Gasteiger partial charge in [0.25, 0.3) is 0 Å². The summed E-state index contributed by atoms with van der Waals surface area (Å²) in [6.07, 6.45) is 3.66. The molecule has 1 aliphatic heterocycles. The summed E-state index contributed by atoms with van der Waals surface area (Å²) >= 11 is 0. The first kappa shape index (κ1) is 21.9. The Hall–Kier alpha value is -0.0800. The molecule has 1 rings (SSSR count). The van der Waals surface area contributed by atoms with Crippen molar-refractivity contribution >= 4 is 29.9 Å². The highest BCUT2D eigenvalue weighted by molar-refractivity contribution is 14.0. The van der Waals surface area contributed by atoms with Gasteiger partial charge in [-0.05, 0) is 52.1 Å². The minimum Gasteiger partial charge on any atom is -0.382 e. The Morgan fingerprint density at radius 2 is 1.95 bits per heavy atom. The summed E-state index contributed by atoms with van der Waals surface area (Å²) in [4.78, 5) is 7.12. The molecule has 0 aliphatic carbocycles. The lowest BCUT2D eigenvalue weighted by Crippen LogP contribution is -2.43. The predicted octanol–water partition coefficient (Wildman–Crippen LogP) is 2.32. The Labute approximate surface area is 153 Å². The molecule has 0 aromatic rings. The van der Waals surface area contributed by atoms with Gasteiger partial charge in [0.05, 0.1) is 0 Å². The maximum atomic E-state index is 5.33. The van der Waals surface area contributed by atoms with E-state index >= 15 is 0 Å². The number of nitrogens with one attached hydrogen (secondary N) is 2. The summed E-state index contributed by atoms with van der Waals surface area (Å²) in [6.45, 7) is 14.3. The lowest BCUT2D eigenvalue weighted by atomic mass is 9.99. The van der Waals surface area contributed by atoms with Crippen LogP contribution in [0.4, 0.5) is 0 Å². The zero-order chi connectivity index (χ0) is 15.3. The molecule has 0 saturated carbocycles. The highest BCUT2D eigenvalue weighted by Gasteiger charge is 2.14. The summed E-state index contributed by atoms with van der Waals surface area (Å²) in [6, 6.07) is 0. The van der Waals surface area contributed by atoms with Crippen LogP contribution in [0.15, 0.2) is 4.99 Å². The molecule has 1 fully saturated rings. The van der Waals surface area contributed by atoms with Gasteiger partial charge in [-0.15, -0.1) is 24.0 Å². The first-order chi connectivity index (χ1) is 10.3. The van der Waals surface area contributed by atoms with Gasteiger partial charge in [0.1, 0.15) is 0 Å². The molecule has 5 nitrogen and oxygen atoms in total. The van der Waals surface area contributed by atoms with Gasteiger partial charge >= 0.3 is 0 Å². The summed E-state index contributed by atoms with van der Waals surface area (Å²) in [7, 11) is 0. The molecule has 0 spiro atoms. The largest absolute Gasteiger partial charge is 0.382 e. The molecule has 1 aliphatic rings. The molecule has 0 atom stereocenters. The Morgan fingerprint density at radius 3 is 2.59 bits per heavy atom. The number of aliphatic imine (C=N–C) groups is 1. The zero-order valence-corrected chi connectivity index (χ0v) is 16.9. The molecule has 0 bridgehead atoms. The van der Waals surface area contributed by atoms with E-state index in [-0.39, 0.29) is 24.0 Å². The molecule has 2 N–H and O–H groups in total. The predicted molar refractivity (Wildman–Crippen MR) is 105 cm³/mol. The number of hydrogen-bond acceptors (Lipinski definition) is 3. The molecule has 0 aromatic carbocycles. The lowest BCUT2D eigenvalue weighted by molar-refractivity contribution is 0.146. The van der Waals surface area contributed by atoms with E-state index < -0.39 is 0 Å². The SMILES string of the molecule is CCNC(=NCCCOCC)NCCN1CCC(C)CC1.I. The molecule has 6 heteroatoms. The van der Waals surface area contributed by atoms with E-state index in [9.17, 15) is 0 Å². The minimum atomic E-state index is 0. The fourth-order valence-electron chi connectivity index (χ4n) is 2.46. The van der Waals surface area contributed by atoms with Crippen molar-refractivity contribution in [1.29, 1.82) is 0 Å². The third-order valence-corrected chi connectivity index (χ3v) is 3.86. The standard InChI is InChI=1S/C16H34N4O.HI/c1-4-17-16(18-9-6-14-21-5-2)19-10-13-20-11-7-15(3)8-12-20;/h15H,4-14H2,1-3H3,(H2,17,18,19);1H. The number of hydrogen-bond donors (Lipinski definition) is 2. The fourth-order valence-corrected chi connectivity index (χ4v) is 2.46. The van der Waals surface area contributed by atoms with E-state index in [0.29, 0.717) is 0 Å². The second kappa shape index (κ2) is 14.5. The second-order valence-corrected chi connectivity index (χ2v) is 5.76. The van der Waals surface area contributed by atoms with Crippen molar-refractivity contribution in [3.63, 3.8) is 0 Å². The van der Waals surface area contributed by atoms with Crippen LogP contribution in [-0.2, 0) is 4.74 Å². The summed E-state index contributed by atoms with van der Waals surface area (Å²) in [5.74, 6) is 1.83. The quantitative estimate of drug-likeness (QED) is 0.257. The van der Waals surface area contributed by atoms with E-state index in [0.717, 1.165) is 57.7 Å². The molecule has 1 heterocycles. The van der Waals surface area contributed by atoms with Crippen molar-refractivity contribution in [2.45, 2.75) is 40.0 Å². The number of rotatable bonds is 9. The highest BCUT2D eigenvalue weighted by Crippen LogP contribution is 2.14. The van der Waals surface area contributed by atoms with E-state index in [1.54, 1.807) is 0 Å². The Balaban J connectivity index is 0.00000441. The Morgan fingerprint density at radius 1 is 1.23 bits per heavy atom. The number of piperidine rings is 1. The molecule has 22 heavy (non-hydrogen) atoms. The van der Waals surface area contributed by atoms with E-state index in [1.807, 2.05) is 6.92 Å². The van der Waals surface area contributed by atoms with Crippen molar-refractivity contribution in [2.75, 3.05) is 52.5 Å². The van der Waals surface area contributed by atoms with Crippen LogP contribution in [0.25, 0.3) is 0 Å². The molecule has 0 aromatic heterocycles. The first-order valence-electron chi connectivity index (χ1n) is 8.58. The van der Waals surface area contributed by atoms with Crippen LogP contribution < -0.4 is 10.6 Å². The van der Waals surface area contributed by atoms with Crippen LogP contribution in [0.3, 0.4) is 0 Å². The van der Waals surface area contributed by atoms with Crippen LogP contribution in [0.5, 0.6) is 0 Å². The molecule has 1 saturated heterocycles. The monoisotopic (exact) mass is 426 g/mol. The average Bonchev–Trinajstić information content (AvgIpc) is 2.49. The van der Waals surface area contributed by atoms with Crippen molar-refractivity contribution in [1.82, 2.24) is 15.5 Å². The third-order valence-electron chi connectivity index (χ3n) is 3.86. The van der Waals surface area contributed by atoms with Gasteiger partial charge in [0.2, 0.25) is 0 Å². The smallest absolute Gasteiger partial charge is 0.191 e. The van der Waals surface area contributed by atoms with E-state index in [2.05, 4.69) is 34.4 Å².